The van der Waals surface area contributed by atoms with E-state index in [0.717, 1.165) is 5.75 Å². The van der Waals surface area contributed by atoms with E-state index in [1.807, 2.05) is 6.92 Å². The molecule has 0 aliphatic carbocycles. The lowest BCUT2D eigenvalue weighted by molar-refractivity contribution is -0.129. The number of nitrogens with zero attached hydrogens (tertiary/aromatic N) is 1. The van der Waals surface area contributed by atoms with E-state index in [-0.39, 0.29) is 34.7 Å². The van der Waals surface area contributed by atoms with Crippen molar-refractivity contribution in [1.29, 1.82) is 0 Å². The quantitative estimate of drug-likeness (QED) is 0.371. The molecule has 0 bridgehead atoms. The SMILES string of the molecule is COc1ccc(OCc2c(Cl)cc(F)cc2C(C)N2C[C@@H](O[Si](C)(C)C(C)(C)C)CC2=O)cc1. The van der Waals surface area contributed by atoms with Crippen LogP contribution in [0.5, 0.6) is 11.5 Å². The molecule has 1 aliphatic rings. The maximum atomic E-state index is 14.4. The van der Waals surface area contributed by atoms with Crippen LogP contribution in [0.1, 0.15) is 51.3 Å². The molecule has 1 amide bonds. The monoisotopic (exact) mass is 507 g/mol. The lowest BCUT2D eigenvalue weighted by Gasteiger charge is -2.38. The summed E-state index contributed by atoms with van der Waals surface area (Å²) in [5, 5.41) is 0.327. The zero-order valence-electron chi connectivity index (χ0n) is 21.1. The second kappa shape index (κ2) is 10.3. The second-order valence-corrected chi connectivity index (χ2v) is 15.5. The molecule has 8 heteroatoms. The van der Waals surface area contributed by atoms with Crippen molar-refractivity contribution in [1.82, 2.24) is 4.90 Å². The highest BCUT2D eigenvalue weighted by molar-refractivity contribution is 6.74. The molecule has 1 heterocycles. The van der Waals surface area contributed by atoms with Crippen molar-refractivity contribution in [3.05, 3.63) is 58.4 Å². The molecule has 2 aromatic carbocycles. The normalized spacial score (nSPS) is 17.7. The lowest BCUT2D eigenvalue weighted by atomic mass is 10.0. The first-order chi connectivity index (χ1) is 15.8. The van der Waals surface area contributed by atoms with Crippen LogP contribution in [0.25, 0.3) is 0 Å². The second-order valence-electron chi connectivity index (χ2n) is 10.3. The Morgan fingerprint density at radius 3 is 2.38 bits per heavy atom. The molecule has 0 N–H and O–H groups in total. The van der Waals surface area contributed by atoms with Crippen molar-refractivity contribution >= 4 is 25.8 Å². The van der Waals surface area contributed by atoms with Gasteiger partial charge in [0.25, 0.3) is 0 Å². The van der Waals surface area contributed by atoms with E-state index < -0.39 is 14.1 Å². The smallest absolute Gasteiger partial charge is 0.225 e. The topological polar surface area (TPSA) is 48.0 Å². The van der Waals surface area contributed by atoms with Crippen LogP contribution in [-0.2, 0) is 15.8 Å². The Bertz CT molecular complexity index is 1020. The van der Waals surface area contributed by atoms with Gasteiger partial charge in [0.15, 0.2) is 8.32 Å². The molecule has 186 valence electrons. The predicted molar refractivity (Wildman–Crippen MR) is 136 cm³/mol. The van der Waals surface area contributed by atoms with Gasteiger partial charge in [0.2, 0.25) is 5.91 Å². The molecule has 0 aromatic heterocycles. The van der Waals surface area contributed by atoms with E-state index in [4.69, 9.17) is 25.5 Å². The highest BCUT2D eigenvalue weighted by atomic mass is 35.5. The zero-order valence-corrected chi connectivity index (χ0v) is 22.8. The summed E-state index contributed by atoms with van der Waals surface area (Å²) >= 11 is 6.44. The number of likely N-dealkylation sites (tertiary alicyclic amines) is 1. The molecule has 0 saturated carbocycles. The molecule has 1 saturated heterocycles. The molecule has 1 fully saturated rings. The Morgan fingerprint density at radius 2 is 1.79 bits per heavy atom. The van der Waals surface area contributed by atoms with E-state index in [2.05, 4.69) is 33.9 Å². The first kappa shape index (κ1) is 26.5. The summed E-state index contributed by atoms with van der Waals surface area (Å²) in [6.45, 7) is 13.4. The van der Waals surface area contributed by atoms with Gasteiger partial charge in [-0.25, -0.2) is 4.39 Å². The van der Waals surface area contributed by atoms with Gasteiger partial charge in [-0.15, -0.1) is 0 Å². The van der Waals surface area contributed by atoms with Crippen LogP contribution < -0.4 is 9.47 Å². The summed E-state index contributed by atoms with van der Waals surface area (Å²) in [5.74, 6) is 0.919. The van der Waals surface area contributed by atoms with Gasteiger partial charge >= 0.3 is 0 Å². The van der Waals surface area contributed by atoms with E-state index in [1.165, 1.54) is 12.1 Å². The molecule has 2 aromatic rings. The van der Waals surface area contributed by atoms with Gasteiger partial charge in [0.1, 0.15) is 23.9 Å². The van der Waals surface area contributed by atoms with E-state index in [0.29, 0.717) is 29.8 Å². The average Bonchev–Trinajstić information content (AvgIpc) is 3.10. The number of hydrogen-bond acceptors (Lipinski definition) is 4. The number of amides is 1. The summed E-state index contributed by atoms with van der Waals surface area (Å²) in [6, 6.07) is 9.55. The summed E-state index contributed by atoms with van der Waals surface area (Å²) in [6.07, 6.45) is 0.163. The third-order valence-corrected chi connectivity index (χ3v) is 11.8. The average molecular weight is 508 g/mol. The van der Waals surface area contributed by atoms with Crippen LogP contribution in [0.3, 0.4) is 0 Å². The van der Waals surface area contributed by atoms with E-state index in [1.54, 1.807) is 36.3 Å². The third-order valence-electron chi connectivity index (χ3n) is 6.95. The molecular formula is C26H35ClFNO4Si. The molecule has 2 atom stereocenters. The van der Waals surface area contributed by atoms with Gasteiger partial charge in [-0.1, -0.05) is 32.4 Å². The minimum Gasteiger partial charge on any atom is -0.497 e. The van der Waals surface area contributed by atoms with Gasteiger partial charge in [-0.3, -0.25) is 4.79 Å². The van der Waals surface area contributed by atoms with Gasteiger partial charge < -0.3 is 18.8 Å². The van der Waals surface area contributed by atoms with Crippen LogP contribution in [0.4, 0.5) is 4.39 Å². The fourth-order valence-corrected chi connectivity index (χ4v) is 5.50. The Kier molecular flexibility index (Phi) is 8.00. The number of ether oxygens (including phenoxy) is 2. The molecule has 1 aliphatic heterocycles. The largest absolute Gasteiger partial charge is 0.497 e. The fraction of sp³-hybridized carbons (Fsp3) is 0.500. The molecule has 3 rings (SSSR count). The van der Waals surface area contributed by atoms with Crippen LogP contribution in [-0.4, -0.2) is 38.9 Å². The molecule has 0 radical (unpaired) electrons. The van der Waals surface area contributed by atoms with Crippen LogP contribution in [0.15, 0.2) is 36.4 Å². The minimum absolute atomic E-state index is 0.00128. The van der Waals surface area contributed by atoms with Gasteiger partial charge in [-0.2, -0.15) is 0 Å². The van der Waals surface area contributed by atoms with Crippen LogP contribution in [0, 0.1) is 5.82 Å². The van der Waals surface area contributed by atoms with Crippen LogP contribution in [0.2, 0.25) is 23.2 Å². The predicted octanol–water partition coefficient (Wildman–Crippen LogP) is 6.75. The maximum Gasteiger partial charge on any atom is 0.225 e. The number of hydrogen-bond donors (Lipinski definition) is 0. The molecule has 5 nitrogen and oxygen atoms in total. The Labute approximate surface area is 208 Å². The van der Waals surface area contributed by atoms with Crippen molar-refractivity contribution in [3.8, 4) is 11.5 Å². The minimum atomic E-state index is -2.02. The number of carbonyl (C=O) groups excluding carboxylic acids is 1. The molecule has 1 unspecified atom stereocenters. The van der Waals surface area contributed by atoms with Crippen molar-refractivity contribution in [2.24, 2.45) is 0 Å². The molecular weight excluding hydrogens is 473 g/mol. The molecule has 0 spiro atoms. The third kappa shape index (κ3) is 5.93. The summed E-state index contributed by atoms with van der Waals surface area (Å²) in [4.78, 5) is 14.7. The first-order valence-electron chi connectivity index (χ1n) is 11.5. The Balaban J connectivity index is 1.79. The van der Waals surface area contributed by atoms with Crippen molar-refractivity contribution in [2.45, 2.75) is 71.0 Å². The summed E-state index contributed by atoms with van der Waals surface area (Å²) in [5.41, 5.74) is 1.30. The van der Waals surface area contributed by atoms with Gasteiger partial charge in [0, 0.05) is 12.1 Å². The summed E-state index contributed by atoms with van der Waals surface area (Å²) < 4.78 is 32.0. The fourth-order valence-electron chi connectivity index (χ4n) is 3.89. The van der Waals surface area contributed by atoms with E-state index >= 15 is 0 Å². The number of carbonyl (C=O) groups is 1. The first-order valence-corrected chi connectivity index (χ1v) is 14.8. The highest BCUT2D eigenvalue weighted by Crippen LogP contribution is 2.40. The number of methoxy groups -OCH3 is 1. The lowest BCUT2D eigenvalue weighted by Crippen LogP contribution is -2.44. The molecule has 34 heavy (non-hydrogen) atoms. The Morgan fingerprint density at radius 1 is 1.18 bits per heavy atom. The van der Waals surface area contributed by atoms with E-state index in [9.17, 15) is 9.18 Å². The highest BCUT2D eigenvalue weighted by Gasteiger charge is 2.43. The standard InChI is InChI=1S/C26H35ClFNO4Si/c1-17(29-15-21(14-25(29)30)33-34(6,7)26(2,3)4)22-12-18(28)13-24(27)23(22)16-32-20-10-8-19(31-5)9-11-20/h8-13,17,21H,14-16H2,1-7H3/t17?,21-/m0/s1. The van der Waals surface area contributed by atoms with Crippen molar-refractivity contribution in [2.75, 3.05) is 13.7 Å². The number of rotatable bonds is 8. The maximum absolute atomic E-state index is 14.4. The Hall–Kier alpha value is -2.09. The van der Waals surface area contributed by atoms with Crippen LogP contribution >= 0.6 is 11.6 Å². The number of halogens is 2. The van der Waals surface area contributed by atoms with Gasteiger partial charge in [-0.05, 0) is 67.0 Å². The summed E-state index contributed by atoms with van der Waals surface area (Å²) in [7, 11) is -0.417. The van der Waals surface area contributed by atoms with Crippen molar-refractivity contribution in [3.63, 3.8) is 0 Å². The van der Waals surface area contributed by atoms with Gasteiger partial charge in [0.05, 0.1) is 30.7 Å². The zero-order chi connectivity index (χ0) is 25.3. The van der Waals surface area contributed by atoms with Crippen molar-refractivity contribution < 1.29 is 23.1 Å². The number of benzene rings is 2.